The first kappa shape index (κ1) is 12.1. The zero-order valence-electron chi connectivity index (χ0n) is 9.62. The quantitative estimate of drug-likeness (QED) is 0.776. The maximum Gasteiger partial charge on any atom is 0.240 e. The van der Waals surface area contributed by atoms with Crippen LogP contribution in [0.2, 0.25) is 0 Å². The van der Waals surface area contributed by atoms with Gasteiger partial charge in [-0.2, -0.15) is 4.98 Å². The largest absolute Gasteiger partial charge is 0.367 e. The predicted molar refractivity (Wildman–Crippen MR) is 56.1 cm³/mol. The minimum absolute atomic E-state index is 0.267. The molecule has 5 heteroatoms. The average molecular weight is 213 g/mol. The van der Waals surface area contributed by atoms with E-state index in [9.17, 15) is 0 Å². The van der Waals surface area contributed by atoms with Gasteiger partial charge in [0.1, 0.15) is 5.60 Å². The van der Waals surface area contributed by atoms with Crippen molar-refractivity contribution in [3.05, 3.63) is 11.7 Å². The number of rotatable bonds is 6. The van der Waals surface area contributed by atoms with E-state index in [4.69, 9.17) is 15.0 Å². The topological polar surface area (TPSA) is 74.2 Å². The van der Waals surface area contributed by atoms with E-state index in [2.05, 4.69) is 24.0 Å². The first-order valence-corrected chi connectivity index (χ1v) is 5.39. The van der Waals surface area contributed by atoms with E-state index >= 15 is 0 Å². The van der Waals surface area contributed by atoms with Crippen molar-refractivity contribution < 1.29 is 9.26 Å². The van der Waals surface area contributed by atoms with E-state index in [0.29, 0.717) is 18.3 Å². The van der Waals surface area contributed by atoms with Crippen LogP contribution in [0.15, 0.2) is 4.52 Å². The van der Waals surface area contributed by atoms with Crippen LogP contribution in [0.3, 0.4) is 0 Å². The fourth-order valence-electron chi connectivity index (χ4n) is 1.63. The van der Waals surface area contributed by atoms with Gasteiger partial charge in [-0.15, -0.1) is 0 Å². The number of ether oxygens (including phenoxy) is 1. The Hall–Kier alpha value is -0.940. The molecule has 86 valence electrons. The Bertz CT molecular complexity index is 295. The van der Waals surface area contributed by atoms with Crippen LogP contribution in [-0.2, 0) is 16.9 Å². The second-order valence-corrected chi connectivity index (χ2v) is 3.35. The fraction of sp³-hybridized carbons (Fsp3) is 0.800. The van der Waals surface area contributed by atoms with Crippen LogP contribution in [0.1, 0.15) is 45.3 Å². The summed E-state index contributed by atoms with van der Waals surface area (Å²) >= 11 is 0. The molecule has 0 aliphatic rings. The Morgan fingerprint density at radius 3 is 2.40 bits per heavy atom. The van der Waals surface area contributed by atoms with Gasteiger partial charge in [-0.25, -0.2) is 0 Å². The highest BCUT2D eigenvalue weighted by atomic mass is 16.5. The van der Waals surface area contributed by atoms with Crippen molar-refractivity contribution in [3.63, 3.8) is 0 Å². The smallest absolute Gasteiger partial charge is 0.240 e. The molecule has 0 saturated carbocycles. The first-order valence-electron chi connectivity index (χ1n) is 5.39. The zero-order chi connectivity index (χ0) is 11.3. The van der Waals surface area contributed by atoms with Crippen LogP contribution in [0.25, 0.3) is 0 Å². The first-order chi connectivity index (χ1) is 7.22. The van der Waals surface area contributed by atoms with Crippen molar-refractivity contribution in [1.82, 2.24) is 10.1 Å². The molecule has 0 radical (unpaired) electrons. The van der Waals surface area contributed by atoms with E-state index in [1.807, 2.05) is 6.92 Å². The molecule has 0 atom stereocenters. The van der Waals surface area contributed by atoms with E-state index in [1.54, 1.807) is 0 Å². The second-order valence-electron chi connectivity index (χ2n) is 3.35. The van der Waals surface area contributed by atoms with Gasteiger partial charge in [0.05, 0.1) is 6.54 Å². The van der Waals surface area contributed by atoms with Gasteiger partial charge in [-0.05, 0) is 19.8 Å². The van der Waals surface area contributed by atoms with E-state index in [-0.39, 0.29) is 6.54 Å². The van der Waals surface area contributed by atoms with Gasteiger partial charge in [0.25, 0.3) is 0 Å². The third-order valence-corrected chi connectivity index (χ3v) is 2.61. The predicted octanol–water partition coefficient (Wildman–Crippen LogP) is 1.58. The lowest BCUT2D eigenvalue weighted by Crippen LogP contribution is -2.29. The molecule has 2 N–H and O–H groups in total. The monoisotopic (exact) mass is 213 g/mol. The van der Waals surface area contributed by atoms with Crippen LogP contribution in [-0.4, -0.2) is 16.7 Å². The molecular formula is C10H19N3O2. The highest BCUT2D eigenvalue weighted by Gasteiger charge is 2.34. The molecule has 0 amide bonds. The molecule has 5 nitrogen and oxygen atoms in total. The molecule has 0 aliphatic heterocycles. The molecule has 15 heavy (non-hydrogen) atoms. The SMILES string of the molecule is CCOC(CC)(CC)c1noc(CN)n1. The van der Waals surface area contributed by atoms with E-state index in [0.717, 1.165) is 12.8 Å². The maximum absolute atomic E-state index is 5.75. The van der Waals surface area contributed by atoms with Crippen molar-refractivity contribution in [2.24, 2.45) is 5.73 Å². The Balaban J connectivity index is 2.96. The van der Waals surface area contributed by atoms with Gasteiger partial charge in [0, 0.05) is 6.61 Å². The fourth-order valence-corrected chi connectivity index (χ4v) is 1.63. The van der Waals surface area contributed by atoms with Gasteiger partial charge in [0.15, 0.2) is 0 Å². The van der Waals surface area contributed by atoms with Crippen LogP contribution < -0.4 is 5.73 Å². The lowest BCUT2D eigenvalue weighted by molar-refractivity contribution is -0.0583. The number of nitrogens with two attached hydrogens (primary N) is 1. The lowest BCUT2D eigenvalue weighted by atomic mass is 9.96. The van der Waals surface area contributed by atoms with Crippen molar-refractivity contribution in [1.29, 1.82) is 0 Å². The normalized spacial score (nSPS) is 12.0. The minimum Gasteiger partial charge on any atom is -0.367 e. The summed E-state index contributed by atoms with van der Waals surface area (Å²) in [6, 6.07) is 0. The summed E-state index contributed by atoms with van der Waals surface area (Å²) in [7, 11) is 0. The molecule has 0 aliphatic carbocycles. The number of aromatic nitrogens is 2. The number of hydrogen-bond donors (Lipinski definition) is 1. The molecule has 0 aromatic carbocycles. The Labute approximate surface area is 90.0 Å². The summed E-state index contributed by atoms with van der Waals surface area (Å²) in [5.41, 5.74) is 5.00. The second kappa shape index (κ2) is 5.23. The molecule has 1 rings (SSSR count). The molecule has 1 aromatic rings. The summed E-state index contributed by atoms with van der Waals surface area (Å²) in [5.74, 6) is 1.06. The summed E-state index contributed by atoms with van der Waals surface area (Å²) in [4.78, 5) is 4.23. The third kappa shape index (κ3) is 2.35. The Kier molecular flexibility index (Phi) is 4.23. The number of nitrogens with zero attached hydrogens (tertiary/aromatic N) is 2. The minimum atomic E-state index is -0.425. The Morgan fingerprint density at radius 1 is 1.33 bits per heavy atom. The van der Waals surface area contributed by atoms with Crippen LogP contribution in [0.5, 0.6) is 0 Å². The molecule has 0 bridgehead atoms. The van der Waals surface area contributed by atoms with Crippen LogP contribution >= 0.6 is 0 Å². The third-order valence-electron chi connectivity index (χ3n) is 2.61. The van der Waals surface area contributed by atoms with E-state index < -0.39 is 5.60 Å². The Morgan fingerprint density at radius 2 is 2.00 bits per heavy atom. The molecule has 0 spiro atoms. The number of hydrogen-bond acceptors (Lipinski definition) is 5. The van der Waals surface area contributed by atoms with Gasteiger partial charge in [-0.3, -0.25) is 0 Å². The van der Waals surface area contributed by atoms with Gasteiger partial charge >= 0.3 is 0 Å². The molecule has 1 heterocycles. The highest BCUT2D eigenvalue weighted by Crippen LogP contribution is 2.30. The molecule has 0 unspecified atom stereocenters. The summed E-state index contributed by atoms with van der Waals surface area (Å²) in [6.45, 7) is 6.97. The van der Waals surface area contributed by atoms with Crippen molar-refractivity contribution in [3.8, 4) is 0 Å². The summed E-state index contributed by atoms with van der Waals surface area (Å²) in [5, 5.41) is 3.93. The summed E-state index contributed by atoms with van der Waals surface area (Å²) in [6.07, 6.45) is 1.64. The lowest BCUT2D eigenvalue weighted by Gasteiger charge is -2.27. The van der Waals surface area contributed by atoms with Gasteiger partial charge in [0.2, 0.25) is 11.7 Å². The van der Waals surface area contributed by atoms with Crippen molar-refractivity contribution in [2.75, 3.05) is 6.61 Å². The van der Waals surface area contributed by atoms with E-state index in [1.165, 1.54) is 0 Å². The van der Waals surface area contributed by atoms with Crippen molar-refractivity contribution in [2.45, 2.75) is 45.8 Å². The average Bonchev–Trinajstić information content (AvgIpc) is 2.75. The zero-order valence-corrected chi connectivity index (χ0v) is 9.62. The molecular weight excluding hydrogens is 194 g/mol. The molecule has 1 aromatic heterocycles. The van der Waals surface area contributed by atoms with Gasteiger partial charge < -0.3 is 15.0 Å². The van der Waals surface area contributed by atoms with Crippen molar-refractivity contribution >= 4 is 0 Å². The highest BCUT2D eigenvalue weighted by molar-refractivity contribution is 5.00. The van der Waals surface area contributed by atoms with Crippen LogP contribution in [0.4, 0.5) is 0 Å². The van der Waals surface area contributed by atoms with Gasteiger partial charge in [-0.1, -0.05) is 19.0 Å². The standard InChI is InChI=1S/C10H19N3O2/c1-4-10(5-2,14-6-3)9-12-8(7-11)15-13-9/h4-7,11H2,1-3H3. The summed E-state index contributed by atoms with van der Waals surface area (Å²) < 4.78 is 10.7. The maximum atomic E-state index is 5.75. The molecule has 0 saturated heterocycles. The van der Waals surface area contributed by atoms with Crippen LogP contribution in [0, 0.1) is 0 Å². The molecule has 0 fully saturated rings.